The van der Waals surface area contributed by atoms with Gasteiger partial charge in [0.15, 0.2) is 6.29 Å². The van der Waals surface area contributed by atoms with Crippen LogP contribution in [0.4, 0.5) is 0 Å². The Morgan fingerprint density at radius 1 is 0.882 bits per heavy atom. The summed E-state index contributed by atoms with van der Waals surface area (Å²) in [5.41, 5.74) is 0. The number of hydrogen-bond donors (Lipinski definition) is 1. The standard InChI is InChI=1S/C14H31NO2/c1-5-9-10-11-13(15-12-6-2)14(16-7-3)17-8-4/h13-15H,5-12H2,1-4H3. The maximum absolute atomic E-state index is 5.69. The maximum Gasteiger partial charge on any atom is 0.172 e. The zero-order valence-corrected chi connectivity index (χ0v) is 12.1. The zero-order valence-electron chi connectivity index (χ0n) is 12.1. The Morgan fingerprint density at radius 3 is 2.00 bits per heavy atom. The molecule has 0 aliphatic rings. The van der Waals surface area contributed by atoms with E-state index in [0.29, 0.717) is 19.3 Å². The highest BCUT2D eigenvalue weighted by molar-refractivity contribution is 4.71. The molecule has 1 atom stereocenters. The fourth-order valence-electron chi connectivity index (χ4n) is 1.89. The molecule has 0 aliphatic heterocycles. The van der Waals surface area contributed by atoms with Gasteiger partial charge in [-0.25, -0.2) is 0 Å². The van der Waals surface area contributed by atoms with E-state index >= 15 is 0 Å². The number of hydrogen-bond acceptors (Lipinski definition) is 3. The van der Waals surface area contributed by atoms with E-state index in [4.69, 9.17) is 9.47 Å². The van der Waals surface area contributed by atoms with Crippen molar-refractivity contribution in [3.05, 3.63) is 0 Å². The molecule has 0 amide bonds. The third-order valence-electron chi connectivity index (χ3n) is 2.77. The number of nitrogens with one attached hydrogen (secondary N) is 1. The molecule has 0 heterocycles. The van der Waals surface area contributed by atoms with Crippen molar-refractivity contribution in [2.45, 2.75) is 72.1 Å². The largest absolute Gasteiger partial charge is 0.351 e. The summed E-state index contributed by atoms with van der Waals surface area (Å²) in [6.07, 6.45) is 5.99. The second kappa shape index (κ2) is 12.3. The molecule has 0 rings (SSSR count). The third-order valence-corrected chi connectivity index (χ3v) is 2.77. The number of unbranched alkanes of at least 4 members (excludes halogenated alkanes) is 2. The van der Waals surface area contributed by atoms with Gasteiger partial charge in [0.25, 0.3) is 0 Å². The predicted octanol–water partition coefficient (Wildman–Crippen LogP) is 3.33. The van der Waals surface area contributed by atoms with Crippen LogP contribution in [0.15, 0.2) is 0 Å². The normalized spacial score (nSPS) is 13.2. The smallest absolute Gasteiger partial charge is 0.172 e. The lowest BCUT2D eigenvalue weighted by atomic mass is 10.1. The van der Waals surface area contributed by atoms with Crippen LogP contribution in [0.3, 0.4) is 0 Å². The van der Waals surface area contributed by atoms with E-state index in [1.165, 1.54) is 19.3 Å². The average Bonchev–Trinajstić information content (AvgIpc) is 2.33. The minimum atomic E-state index is -0.0894. The van der Waals surface area contributed by atoms with Crippen molar-refractivity contribution in [3.8, 4) is 0 Å². The summed E-state index contributed by atoms with van der Waals surface area (Å²) < 4.78 is 11.4. The molecule has 0 aromatic heterocycles. The second-order valence-corrected chi connectivity index (χ2v) is 4.34. The molecule has 0 fully saturated rings. The van der Waals surface area contributed by atoms with Gasteiger partial charge in [0.1, 0.15) is 0 Å². The number of ether oxygens (including phenoxy) is 2. The van der Waals surface area contributed by atoms with Gasteiger partial charge < -0.3 is 14.8 Å². The molecular weight excluding hydrogens is 214 g/mol. The van der Waals surface area contributed by atoms with Crippen LogP contribution in [-0.4, -0.2) is 32.1 Å². The van der Waals surface area contributed by atoms with Crippen molar-refractivity contribution in [2.75, 3.05) is 19.8 Å². The fraction of sp³-hybridized carbons (Fsp3) is 1.00. The molecule has 0 bridgehead atoms. The van der Waals surface area contributed by atoms with Crippen molar-refractivity contribution in [2.24, 2.45) is 0 Å². The fourth-order valence-corrected chi connectivity index (χ4v) is 1.89. The molecule has 0 saturated carbocycles. The van der Waals surface area contributed by atoms with Crippen LogP contribution in [0.1, 0.15) is 59.8 Å². The zero-order chi connectivity index (χ0) is 12.9. The Bertz CT molecular complexity index is 147. The summed E-state index contributed by atoms with van der Waals surface area (Å²) in [6.45, 7) is 10.9. The van der Waals surface area contributed by atoms with Gasteiger partial charge in [-0.05, 0) is 33.2 Å². The molecule has 3 heteroatoms. The summed E-state index contributed by atoms with van der Waals surface area (Å²) in [7, 11) is 0. The summed E-state index contributed by atoms with van der Waals surface area (Å²) in [5, 5.41) is 3.55. The van der Waals surface area contributed by atoms with Crippen molar-refractivity contribution >= 4 is 0 Å². The molecule has 0 aromatic rings. The van der Waals surface area contributed by atoms with Gasteiger partial charge in [-0.1, -0.05) is 33.1 Å². The summed E-state index contributed by atoms with van der Waals surface area (Å²) in [4.78, 5) is 0. The number of rotatable bonds is 12. The molecule has 1 unspecified atom stereocenters. The Labute approximate surface area is 107 Å². The monoisotopic (exact) mass is 245 g/mol. The van der Waals surface area contributed by atoms with E-state index in [-0.39, 0.29) is 6.29 Å². The molecule has 0 aliphatic carbocycles. The van der Waals surface area contributed by atoms with Crippen LogP contribution in [0.2, 0.25) is 0 Å². The molecule has 0 radical (unpaired) electrons. The topological polar surface area (TPSA) is 30.5 Å². The van der Waals surface area contributed by atoms with E-state index in [9.17, 15) is 0 Å². The van der Waals surface area contributed by atoms with Gasteiger partial charge in [0.05, 0.1) is 6.04 Å². The Hall–Kier alpha value is -0.120. The molecule has 3 nitrogen and oxygen atoms in total. The Morgan fingerprint density at radius 2 is 1.53 bits per heavy atom. The Balaban J connectivity index is 4.15. The summed E-state index contributed by atoms with van der Waals surface area (Å²) in [5.74, 6) is 0. The van der Waals surface area contributed by atoms with E-state index in [1.54, 1.807) is 0 Å². The molecule has 0 saturated heterocycles. The first-order valence-corrected chi connectivity index (χ1v) is 7.26. The lowest BCUT2D eigenvalue weighted by Gasteiger charge is -2.27. The van der Waals surface area contributed by atoms with E-state index in [1.807, 2.05) is 13.8 Å². The maximum atomic E-state index is 5.69. The lowest BCUT2D eigenvalue weighted by Crippen LogP contribution is -2.43. The minimum absolute atomic E-state index is 0.0894. The lowest BCUT2D eigenvalue weighted by molar-refractivity contribution is -0.155. The molecule has 104 valence electrons. The van der Waals surface area contributed by atoms with Gasteiger partial charge in [0.2, 0.25) is 0 Å². The molecule has 0 aromatic carbocycles. The van der Waals surface area contributed by atoms with Gasteiger partial charge in [0, 0.05) is 13.2 Å². The van der Waals surface area contributed by atoms with Crippen molar-refractivity contribution in [1.82, 2.24) is 5.32 Å². The quantitative estimate of drug-likeness (QED) is 0.422. The van der Waals surface area contributed by atoms with Crippen molar-refractivity contribution < 1.29 is 9.47 Å². The minimum Gasteiger partial charge on any atom is -0.351 e. The first kappa shape index (κ1) is 16.9. The van der Waals surface area contributed by atoms with Gasteiger partial charge in [-0.3, -0.25) is 0 Å². The highest BCUT2D eigenvalue weighted by Gasteiger charge is 2.20. The van der Waals surface area contributed by atoms with Gasteiger partial charge in [-0.2, -0.15) is 0 Å². The molecule has 17 heavy (non-hydrogen) atoms. The van der Waals surface area contributed by atoms with Crippen LogP contribution in [0.25, 0.3) is 0 Å². The second-order valence-electron chi connectivity index (χ2n) is 4.34. The van der Waals surface area contributed by atoms with Crippen molar-refractivity contribution in [3.63, 3.8) is 0 Å². The van der Waals surface area contributed by atoms with Crippen LogP contribution in [-0.2, 0) is 9.47 Å². The Kier molecular flexibility index (Phi) is 12.3. The van der Waals surface area contributed by atoms with Crippen molar-refractivity contribution in [1.29, 1.82) is 0 Å². The summed E-state index contributed by atoms with van der Waals surface area (Å²) >= 11 is 0. The van der Waals surface area contributed by atoms with Gasteiger partial charge in [-0.15, -0.1) is 0 Å². The predicted molar refractivity (Wildman–Crippen MR) is 73.3 cm³/mol. The van der Waals surface area contributed by atoms with Gasteiger partial charge >= 0.3 is 0 Å². The van der Waals surface area contributed by atoms with Crippen LogP contribution in [0, 0.1) is 0 Å². The summed E-state index contributed by atoms with van der Waals surface area (Å²) in [6, 6.07) is 0.335. The van der Waals surface area contributed by atoms with E-state index in [2.05, 4.69) is 19.2 Å². The van der Waals surface area contributed by atoms with E-state index in [0.717, 1.165) is 19.4 Å². The highest BCUT2D eigenvalue weighted by atomic mass is 16.7. The van der Waals surface area contributed by atoms with Crippen LogP contribution >= 0.6 is 0 Å². The SMILES string of the molecule is CCCCCC(NCCC)C(OCC)OCC. The van der Waals surface area contributed by atoms with E-state index < -0.39 is 0 Å². The molecule has 1 N–H and O–H groups in total. The first-order chi connectivity index (χ1) is 8.29. The average molecular weight is 245 g/mol. The van der Waals surface area contributed by atoms with Crippen LogP contribution in [0.5, 0.6) is 0 Å². The van der Waals surface area contributed by atoms with Crippen LogP contribution < -0.4 is 5.32 Å². The highest BCUT2D eigenvalue weighted by Crippen LogP contribution is 2.11. The molecule has 0 spiro atoms. The first-order valence-electron chi connectivity index (χ1n) is 7.26. The third kappa shape index (κ3) is 8.58. The molecular formula is C14H31NO2.